The second-order valence-corrected chi connectivity index (χ2v) is 8.95. The van der Waals surface area contributed by atoms with Gasteiger partial charge in [0.1, 0.15) is 0 Å². The van der Waals surface area contributed by atoms with Crippen molar-refractivity contribution >= 4 is 25.7 Å². The smallest absolute Gasteiger partial charge is 0.261 e. The fourth-order valence-corrected chi connectivity index (χ4v) is 5.00. The molecule has 0 aliphatic carbocycles. The fourth-order valence-electron chi connectivity index (χ4n) is 2.37. The highest BCUT2D eigenvalue weighted by molar-refractivity contribution is 7.93. The second kappa shape index (κ2) is 7.08. The molecule has 1 aliphatic heterocycles. The Bertz CT molecular complexity index is 940. The number of hydrogen-bond acceptors (Lipinski definition) is 6. The lowest BCUT2D eigenvalue weighted by Crippen LogP contribution is -2.40. The Morgan fingerprint density at radius 2 is 1.60 bits per heavy atom. The van der Waals surface area contributed by atoms with Crippen LogP contribution in [0.25, 0.3) is 0 Å². The zero-order valence-electron chi connectivity index (χ0n) is 13.2. The standard InChI is InChI=1S/C15H17N3O5S2/c19-24(20,17-13-4-6-16-7-5-13)14-2-1-3-15(12-14)25(21,22)18-8-10-23-11-9-18/h1-7,12H,8-11H2,(H,16,17). The van der Waals surface area contributed by atoms with Gasteiger partial charge in [0.2, 0.25) is 10.0 Å². The maximum Gasteiger partial charge on any atom is 0.261 e. The number of nitrogens with zero attached hydrogens (tertiary/aromatic N) is 2. The van der Waals surface area contributed by atoms with Crippen LogP contribution >= 0.6 is 0 Å². The molecule has 8 nitrogen and oxygen atoms in total. The largest absolute Gasteiger partial charge is 0.379 e. The first-order valence-electron chi connectivity index (χ1n) is 7.50. The van der Waals surface area contributed by atoms with Crippen LogP contribution in [-0.2, 0) is 24.8 Å². The van der Waals surface area contributed by atoms with E-state index in [1.54, 1.807) is 0 Å². The number of nitrogens with one attached hydrogen (secondary N) is 1. The van der Waals surface area contributed by atoms with Gasteiger partial charge in [0.05, 0.1) is 28.7 Å². The Morgan fingerprint density at radius 1 is 0.960 bits per heavy atom. The van der Waals surface area contributed by atoms with Crippen LogP contribution in [-0.4, -0.2) is 52.4 Å². The summed E-state index contributed by atoms with van der Waals surface area (Å²) in [7, 11) is -7.68. The van der Waals surface area contributed by atoms with Gasteiger partial charge in [-0.15, -0.1) is 0 Å². The van der Waals surface area contributed by atoms with Crippen LogP contribution < -0.4 is 4.72 Å². The minimum atomic E-state index is -3.91. The van der Waals surface area contributed by atoms with Crippen LogP contribution in [0.3, 0.4) is 0 Å². The molecule has 1 fully saturated rings. The van der Waals surface area contributed by atoms with Crippen molar-refractivity contribution in [3.05, 3.63) is 48.8 Å². The van der Waals surface area contributed by atoms with Gasteiger partial charge in [-0.2, -0.15) is 4.31 Å². The lowest BCUT2D eigenvalue weighted by atomic mass is 10.4. The van der Waals surface area contributed by atoms with E-state index in [1.807, 2.05) is 0 Å². The molecule has 0 atom stereocenters. The molecule has 0 unspecified atom stereocenters. The molecule has 1 N–H and O–H groups in total. The number of aromatic nitrogens is 1. The summed E-state index contributed by atoms with van der Waals surface area (Å²) in [6.45, 7) is 1.13. The van der Waals surface area contributed by atoms with Crippen molar-refractivity contribution in [1.82, 2.24) is 9.29 Å². The van der Waals surface area contributed by atoms with E-state index in [0.717, 1.165) is 6.07 Å². The predicted molar refractivity (Wildman–Crippen MR) is 91.1 cm³/mol. The number of anilines is 1. The molecular weight excluding hydrogens is 366 g/mol. The maximum absolute atomic E-state index is 12.7. The van der Waals surface area contributed by atoms with Gasteiger partial charge in [-0.05, 0) is 30.3 Å². The predicted octanol–water partition coefficient (Wildman–Crippen LogP) is 0.903. The average Bonchev–Trinajstić information content (AvgIpc) is 2.63. The van der Waals surface area contributed by atoms with Crippen LogP contribution in [0.2, 0.25) is 0 Å². The highest BCUT2D eigenvalue weighted by atomic mass is 32.2. The summed E-state index contributed by atoms with van der Waals surface area (Å²) in [4.78, 5) is 3.63. The molecule has 1 aromatic heterocycles. The summed E-state index contributed by atoms with van der Waals surface area (Å²) in [5.41, 5.74) is 0.344. The average molecular weight is 383 g/mol. The first-order chi connectivity index (χ1) is 11.9. The van der Waals surface area contributed by atoms with Crippen molar-refractivity contribution < 1.29 is 21.6 Å². The zero-order valence-corrected chi connectivity index (χ0v) is 14.8. The van der Waals surface area contributed by atoms with Crippen LogP contribution in [0.15, 0.2) is 58.6 Å². The molecule has 1 aliphatic rings. The highest BCUT2D eigenvalue weighted by Crippen LogP contribution is 2.22. The molecule has 0 radical (unpaired) electrons. The Kier molecular flexibility index (Phi) is 5.04. The van der Waals surface area contributed by atoms with Gasteiger partial charge in [0.25, 0.3) is 10.0 Å². The number of pyridine rings is 1. The van der Waals surface area contributed by atoms with Gasteiger partial charge in [0, 0.05) is 25.5 Å². The Labute approximate surface area is 146 Å². The van der Waals surface area contributed by atoms with E-state index >= 15 is 0 Å². The summed E-state index contributed by atoms with van der Waals surface area (Å²) >= 11 is 0. The van der Waals surface area contributed by atoms with E-state index in [9.17, 15) is 16.8 Å². The fraction of sp³-hybridized carbons (Fsp3) is 0.267. The van der Waals surface area contributed by atoms with Gasteiger partial charge < -0.3 is 4.74 Å². The molecule has 25 heavy (non-hydrogen) atoms. The number of rotatable bonds is 5. The minimum absolute atomic E-state index is 0.0630. The van der Waals surface area contributed by atoms with Crippen LogP contribution in [0.5, 0.6) is 0 Å². The number of ether oxygens (including phenoxy) is 1. The summed E-state index contributed by atoms with van der Waals surface area (Å²) in [6.07, 6.45) is 2.91. The third-order valence-electron chi connectivity index (χ3n) is 3.66. The number of hydrogen-bond donors (Lipinski definition) is 1. The van der Waals surface area contributed by atoms with E-state index in [1.165, 1.54) is 47.0 Å². The van der Waals surface area contributed by atoms with Crippen LogP contribution in [0.1, 0.15) is 0 Å². The molecule has 3 rings (SSSR count). The Hall–Kier alpha value is -2.01. The second-order valence-electron chi connectivity index (χ2n) is 5.33. The molecule has 0 bridgehead atoms. The van der Waals surface area contributed by atoms with E-state index in [0.29, 0.717) is 18.9 Å². The van der Waals surface area contributed by atoms with Crippen molar-refractivity contribution in [3.63, 3.8) is 0 Å². The van der Waals surface area contributed by atoms with Crippen molar-refractivity contribution in [2.24, 2.45) is 0 Å². The van der Waals surface area contributed by atoms with Crippen molar-refractivity contribution in [3.8, 4) is 0 Å². The molecule has 2 heterocycles. The topological polar surface area (TPSA) is 106 Å². The van der Waals surface area contributed by atoms with Gasteiger partial charge in [-0.1, -0.05) is 6.07 Å². The zero-order chi connectivity index (χ0) is 17.9. The normalized spacial score (nSPS) is 16.5. The first-order valence-corrected chi connectivity index (χ1v) is 10.4. The Balaban J connectivity index is 1.90. The summed E-state index contributed by atoms with van der Waals surface area (Å²) < 4.78 is 59.2. The lowest BCUT2D eigenvalue weighted by molar-refractivity contribution is 0.0730. The van der Waals surface area contributed by atoms with Gasteiger partial charge >= 0.3 is 0 Å². The molecule has 134 valence electrons. The summed E-state index contributed by atoms with van der Waals surface area (Å²) in [5, 5.41) is 0. The van der Waals surface area contributed by atoms with E-state index in [-0.39, 0.29) is 22.9 Å². The molecule has 2 aromatic rings. The number of sulfonamides is 2. The van der Waals surface area contributed by atoms with E-state index < -0.39 is 20.0 Å². The van der Waals surface area contributed by atoms with Crippen molar-refractivity contribution in [2.75, 3.05) is 31.0 Å². The maximum atomic E-state index is 12.7. The van der Waals surface area contributed by atoms with Crippen LogP contribution in [0.4, 0.5) is 5.69 Å². The first kappa shape index (κ1) is 17.8. The monoisotopic (exact) mass is 383 g/mol. The molecule has 0 spiro atoms. The number of morpholine rings is 1. The van der Waals surface area contributed by atoms with Crippen molar-refractivity contribution in [1.29, 1.82) is 0 Å². The van der Waals surface area contributed by atoms with Gasteiger partial charge in [-0.3, -0.25) is 9.71 Å². The van der Waals surface area contributed by atoms with Crippen LogP contribution in [0, 0.1) is 0 Å². The Morgan fingerprint density at radius 3 is 2.28 bits per heavy atom. The summed E-state index contributed by atoms with van der Waals surface area (Å²) in [5.74, 6) is 0. The highest BCUT2D eigenvalue weighted by Gasteiger charge is 2.27. The van der Waals surface area contributed by atoms with E-state index in [4.69, 9.17) is 4.74 Å². The lowest BCUT2D eigenvalue weighted by Gasteiger charge is -2.26. The van der Waals surface area contributed by atoms with E-state index in [2.05, 4.69) is 9.71 Å². The molecular formula is C15H17N3O5S2. The third kappa shape index (κ3) is 3.98. The van der Waals surface area contributed by atoms with Gasteiger partial charge in [-0.25, -0.2) is 16.8 Å². The molecule has 10 heteroatoms. The molecule has 0 amide bonds. The van der Waals surface area contributed by atoms with Gasteiger partial charge in [0.15, 0.2) is 0 Å². The summed E-state index contributed by atoms with van der Waals surface area (Å²) in [6, 6.07) is 8.32. The molecule has 1 aromatic carbocycles. The molecule has 0 saturated carbocycles. The minimum Gasteiger partial charge on any atom is -0.379 e. The SMILES string of the molecule is O=S(=O)(Nc1ccncc1)c1cccc(S(=O)(=O)N2CCOCC2)c1. The number of benzene rings is 1. The van der Waals surface area contributed by atoms with Crippen molar-refractivity contribution in [2.45, 2.75) is 9.79 Å². The third-order valence-corrected chi connectivity index (χ3v) is 6.93. The quantitative estimate of drug-likeness (QED) is 0.822. The molecule has 1 saturated heterocycles.